The van der Waals surface area contributed by atoms with Gasteiger partial charge in [0.25, 0.3) is 0 Å². The number of nitrogens with one attached hydrogen (secondary N) is 1. The van der Waals surface area contributed by atoms with Gasteiger partial charge in [-0.05, 0) is 24.8 Å². The van der Waals surface area contributed by atoms with Crippen LogP contribution in [0.2, 0.25) is 0 Å². The molecule has 1 aliphatic heterocycles. The third-order valence-electron chi connectivity index (χ3n) is 4.05. The van der Waals surface area contributed by atoms with E-state index in [0.717, 1.165) is 37.8 Å². The number of benzene rings is 1. The van der Waals surface area contributed by atoms with E-state index in [1.165, 1.54) is 0 Å². The lowest BCUT2D eigenvalue weighted by Crippen LogP contribution is -2.43. The van der Waals surface area contributed by atoms with Crippen molar-refractivity contribution in [3.8, 4) is 0 Å². The van der Waals surface area contributed by atoms with E-state index in [2.05, 4.69) is 12.2 Å². The Morgan fingerprint density at radius 1 is 1.30 bits per heavy atom. The number of carbonyl (C=O) groups excluding carboxylic acids is 2. The molecule has 0 aliphatic carbocycles. The zero-order chi connectivity index (χ0) is 16.5. The molecular formula is C18H26N2O3. The number of unbranched alkanes of at least 4 members (excludes halogenated alkanes) is 1. The Kier molecular flexibility index (Phi) is 6.91. The zero-order valence-electron chi connectivity index (χ0n) is 13.8. The number of likely N-dealkylation sites (tertiary alicyclic amines) is 1. The molecule has 5 heteroatoms. The fraction of sp³-hybridized carbons (Fsp3) is 0.556. The number of ether oxygens (including phenoxy) is 1. The minimum Gasteiger partial charge on any atom is -0.450 e. The van der Waals surface area contributed by atoms with Crippen LogP contribution in [0.5, 0.6) is 0 Å². The van der Waals surface area contributed by atoms with E-state index in [9.17, 15) is 9.59 Å². The molecule has 1 aliphatic rings. The van der Waals surface area contributed by atoms with Gasteiger partial charge in [-0.3, -0.25) is 4.79 Å². The van der Waals surface area contributed by atoms with E-state index in [1.54, 1.807) is 0 Å². The second-order valence-electron chi connectivity index (χ2n) is 5.89. The van der Waals surface area contributed by atoms with Crippen molar-refractivity contribution < 1.29 is 14.3 Å². The largest absolute Gasteiger partial charge is 0.450 e. The van der Waals surface area contributed by atoms with Crippen LogP contribution in [-0.2, 0) is 9.53 Å². The average Bonchev–Trinajstić information content (AvgIpc) is 2.57. The highest BCUT2D eigenvalue weighted by Gasteiger charge is 2.24. The maximum absolute atomic E-state index is 12.0. The van der Waals surface area contributed by atoms with Crippen molar-refractivity contribution in [3.05, 3.63) is 35.9 Å². The molecule has 1 unspecified atom stereocenters. The molecular weight excluding hydrogens is 292 g/mol. The van der Waals surface area contributed by atoms with Crippen LogP contribution in [0.1, 0.15) is 50.6 Å². The van der Waals surface area contributed by atoms with E-state index >= 15 is 0 Å². The highest BCUT2D eigenvalue weighted by atomic mass is 16.5. The van der Waals surface area contributed by atoms with Gasteiger partial charge in [0.05, 0.1) is 12.6 Å². The number of piperidine rings is 1. The van der Waals surface area contributed by atoms with Crippen molar-refractivity contribution >= 4 is 12.0 Å². The summed E-state index contributed by atoms with van der Waals surface area (Å²) in [6.07, 6.45) is 4.00. The van der Waals surface area contributed by atoms with Gasteiger partial charge in [-0.15, -0.1) is 0 Å². The van der Waals surface area contributed by atoms with Crippen molar-refractivity contribution in [2.24, 2.45) is 0 Å². The van der Waals surface area contributed by atoms with Gasteiger partial charge < -0.3 is 15.0 Å². The van der Waals surface area contributed by atoms with Crippen LogP contribution in [0.15, 0.2) is 30.3 Å². The maximum atomic E-state index is 12.0. The second-order valence-corrected chi connectivity index (χ2v) is 5.89. The summed E-state index contributed by atoms with van der Waals surface area (Å²) < 4.78 is 5.20. The van der Waals surface area contributed by atoms with Crippen molar-refractivity contribution in [1.29, 1.82) is 0 Å². The van der Waals surface area contributed by atoms with Gasteiger partial charge in [0.1, 0.15) is 0 Å². The second kappa shape index (κ2) is 9.18. The Balaban J connectivity index is 2.00. The number of nitrogens with zero attached hydrogens (tertiary/aromatic N) is 1. The molecule has 126 valence electrons. The van der Waals surface area contributed by atoms with Gasteiger partial charge >= 0.3 is 6.09 Å². The van der Waals surface area contributed by atoms with E-state index < -0.39 is 6.09 Å². The van der Waals surface area contributed by atoms with Gasteiger partial charge in [-0.1, -0.05) is 43.7 Å². The minimum atomic E-state index is -0.420. The summed E-state index contributed by atoms with van der Waals surface area (Å²) in [5, 5.41) is 2.91. The number of hydrogen-bond donors (Lipinski definition) is 1. The lowest BCUT2D eigenvalue weighted by atomic mass is 10.0. The summed E-state index contributed by atoms with van der Waals surface area (Å²) in [5.41, 5.74) is 0.985. The predicted octanol–water partition coefficient (Wildman–Crippen LogP) is 3.27. The maximum Gasteiger partial charge on any atom is 0.407 e. The van der Waals surface area contributed by atoms with Crippen LogP contribution in [0.25, 0.3) is 0 Å². The highest BCUT2D eigenvalue weighted by molar-refractivity contribution is 5.77. The molecule has 0 radical (unpaired) electrons. The molecule has 1 saturated heterocycles. The van der Waals surface area contributed by atoms with Crippen LogP contribution in [0.3, 0.4) is 0 Å². The Hall–Kier alpha value is -2.04. The van der Waals surface area contributed by atoms with Gasteiger partial charge in [0.2, 0.25) is 5.91 Å². The molecule has 1 N–H and O–H groups in total. The molecule has 1 aromatic carbocycles. The van der Waals surface area contributed by atoms with E-state index in [-0.39, 0.29) is 11.9 Å². The van der Waals surface area contributed by atoms with Crippen LogP contribution in [0, 0.1) is 0 Å². The molecule has 1 fully saturated rings. The summed E-state index contributed by atoms with van der Waals surface area (Å²) in [6, 6.07) is 9.49. The first kappa shape index (κ1) is 17.3. The first-order valence-electron chi connectivity index (χ1n) is 8.46. The standard InChI is InChI=1S/C18H26N2O3/c1-2-3-13-23-18(22)19-16(15-9-5-4-6-10-15)14-20-12-8-7-11-17(20)21/h4-6,9-10,16H,2-3,7-8,11-14H2,1H3,(H,19,22). The fourth-order valence-corrected chi connectivity index (χ4v) is 2.69. The number of alkyl carbamates (subject to hydrolysis) is 1. The molecule has 0 spiro atoms. The van der Waals surface area contributed by atoms with Crippen molar-refractivity contribution in [2.75, 3.05) is 19.7 Å². The number of carbonyl (C=O) groups is 2. The third-order valence-corrected chi connectivity index (χ3v) is 4.05. The first-order chi connectivity index (χ1) is 11.2. The van der Waals surface area contributed by atoms with E-state index in [0.29, 0.717) is 19.6 Å². The fourth-order valence-electron chi connectivity index (χ4n) is 2.69. The molecule has 1 heterocycles. The topological polar surface area (TPSA) is 58.6 Å². The molecule has 0 bridgehead atoms. The van der Waals surface area contributed by atoms with Gasteiger partial charge in [0, 0.05) is 19.5 Å². The monoisotopic (exact) mass is 318 g/mol. The Bertz CT molecular complexity index is 504. The normalized spacial score (nSPS) is 16.0. The van der Waals surface area contributed by atoms with Gasteiger partial charge in [-0.2, -0.15) is 0 Å². The summed E-state index contributed by atoms with van der Waals surface area (Å²) in [5.74, 6) is 0.165. The predicted molar refractivity (Wildman–Crippen MR) is 89.0 cm³/mol. The van der Waals surface area contributed by atoms with Crippen LogP contribution in [-0.4, -0.2) is 36.6 Å². The Morgan fingerprint density at radius 3 is 2.78 bits per heavy atom. The molecule has 2 rings (SSSR count). The summed E-state index contributed by atoms with van der Waals surface area (Å²) >= 11 is 0. The number of rotatable bonds is 7. The van der Waals surface area contributed by atoms with Crippen LogP contribution in [0.4, 0.5) is 4.79 Å². The molecule has 0 aromatic heterocycles. The quantitative estimate of drug-likeness (QED) is 0.785. The van der Waals surface area contributed by atoms with Crippen molar-refractivity contribution in [3.63, 3.8) is 0 Å². The number of hydrogen-bond acceptors (Lipinski definition) is 3. The summed E-state index contributed by atoms with van der Waals surface area (Å²) in [4.78, 5) is 25.9. The molecule has 23 heavy (non-hydrogen) atoms. The Morgan fingerprint density at radius 2 is 2.09 bits per heavy atom. The summed E-state index contributed by atoms with van der Waals surface area (Å²) in [7, 11) is 0. The van der Waals surface area contributed by atoms with E-state index in [4.69, 9.17) is 4.74 Å². The molecule has 1 atom stereocenters. The molecule has 2 amide bonds. The first-order valence-corrected chi connectivity index (χ1v) is 8.46. The van der Waals surface area contributed by atoms with Gasteiger partial charge in [0.15, 0.2) is 0 Å². The molecule has 0 saturated carbocycles. The number of amides is 2. The third kappa shape index (κ3) is 5.58. The SMILES string of the molecule is CCCCOC(=O)NC(CN1CCCCC1=O)c1ccccc1. The lowest BCUT2D eigenvalue weighted by Gasteiger charge is -2.31. The van der Waals surface area contributed by atoms with Crippen LogP contribution >= 0.6 is 0 Å². The van der Waals surface area contributed by atoms with Crippen molar-refractivity contribution in [1.82, 2.24) is 10.2 Å². The smallest absolute Gasteiger partial charge is 0.407 e. The van der Waals surface area contributed by atoms with Crippen molar-refractivity contribution in [2.45, 2.75) is 45.1 Å². The van der Waals surface area contributed by atoms with Crippen LogP contribution < -0.4 is 5.32 Å². The zero-order valence-corrected chi connectivity index (χ0v) is 13.8. The lowest BCUT2D eigenvalue weighted by molar-refractivity contribution is -0.133. The molecule has 5 nitrogen and oxygen atoms in total. The molecule has 1 aromatic rings. The summed E-state index contributed by atoms with van der Waals surface area (Å²) in [6.45, 7) is 3.73. The minimum absolute atomic E-state index is 0.165. The van der Waals surface area contributed by atoms with E-state index in [1.807, 2.05) is 35.2 Å². The van der Waals surface area contributed by atoms with Gasteiger partial charge in [-0.25, -0.2) is 4.79 Å². The average molecular weight is 318 g/mol. The Labute approximate surface area is 138 Å². The highest BCUT2D eigenvalue weighted by Crippen LogP contribution is 2.18.